The second kappa shape index (κ2) is 7.91. The van der Waals surface area contributed by atoms with Crippen LogP contribution in [-0.2, 0) is 13.0 Å². The number of hydrogen-bond acceptors (Lipinski definition) is 2. The molecule has 2 nitrogen and oxygen atoms in total. The van der Waals surface area contributed by atoms with Crippen molar-refractivity contribution in [2.75, 3.05) is 13.6 Å². The largest absolute Gasteiger partial charge is 0.327 e. The van der Waals surface area contributed by atoms with Gasteiger partial charge in [-0.2, -0.15) is 0 Å². The smallest absolute Gasteiger partial charge is 0.127 e. The van der Waals surface area contributed by atoms with E-state index in [4.69, 9.17) is 5.73 Å². The number of nitrogens with two attached hydrogens (primary N) is 1. The molecule has 0 saturated heterocycles. The Bertz CT molecular complexity index is 542. The van der Waals surface area contributed by atoms with Gasteiger partial charge in [-0.15, -0.1) is 0 Å². The first-order valence-electron chi connectivity index (χ1n) is 7.36. The lowest BCUT2D eigenvalue weighted by Crippen LogP contribution is -2.35. The summed E-state index contributed by atoms with van der Waals surface area (Å²) in [5.41, 5.74) is 8.21. The molecule has 0 fully saturated rings. The fraction of sp³-hybridized carbons (Fsp3) is 0.333. The van der Waals surface area contributed by atoms with Crippen LogP contribution in [0.15, 0.2) is 54.6 Å². The summed E-state index contributed by atoms with van der Waals surface area (Å²) in [7, 11) is 1.98. The van der Waals surface area contributed by atoms with Gasteiger partial charge in [-0.1, -0.05) is 48.5 Å². The molecule has 112 valence electrons. The zero-order chi connectivity index (χ0) is 15.1. The van der Waals surface area contributed by atoms with Crippen molar-refractivity contribution >= 4 is 0 Å². The number of benzene rings is 2. The van der Waals surface area contributed by atoms with Crippen LogP contribution in [0.5, 0.6) is 0 Å². The van der Waals surface area contributed by atoms with Crippen molar-refractivity contribution in [1.82, 2.24) is 4.90 Å². The lowest BCUT2D eigenvalue weighted by molar-refractivity contribution is 0.293. The highest BCUT2D eigenvalue weighted by Crippen LogP contribution is 2.10. The van der Waals surface area contributed by atoms with Crippen molar-refractivity contribution in [1.29, 1.82) is 0 Å². The van der Waals surface area contributed by atoms with E-state index in [1.165, 1.54) is 11.6 Å². The maximum atomic E-state index is 13.6. The Morgan fingerprint density at radius 3 is 2.43 bits per heavy atom. The van der Waals surface area contributed by atoms with Gasteiger partial charge in [0.1, 0.15) is 5.82 Å². The second-order valence-electron chi connectivity index (χ2n) is 5.57. The fourth-order valence-electron chi connectivity index (χ4n) is 2.47. The number of rotatable bonds is 7. The van der Waals surface area contributed by atoms with Crippen molar-refractivity contribution in [3.05, 3.63) is 71.5 Å². The van der Waals surface area contributed by atoms with E-state index in [0.717, 1.165) is 24.9 Å². The molecule has 21 heavy (non-hydrogen) atoms. The van der Waals surface area contributed by atoms with E-state index in [9.17, 15) is 4.39 Å². The van der Waals surface area contributed by atoms with Crippen molar-refractivity contribution in [2.24, 2.45) is 5.73 Å². The lowest BCUT2D eigenvalue weighted by Gasteiger charge is -2.21. The topological polar surface area (TPSA) is 29.3 Å². The van der Waals surface area contributed by atoms with E-state index in [-0.39, 0.29) is 11.9 Å². The molecule has 0 aromatic heterocycles. The molecule has 0 heterocycles. The summed E-state index contributed by atoms with van der Waals surface area (Å²) in [5.74, 6) is -0.151. The molecular formula is C18H23FN2. The summed E-state index contributed by atoms with van der Waals surface area (Å²) in [5, 5.41) is 0. The van der Waals surface area contributed by atoms with Crippen LogP contribution in [-0.4, -0.2) is 24.5 Å². The standard InChI is InChI=1S/C18H23FN2/c1-21(13-16-9-5-6-10-18(16)19)14-17(20)12-11-15-7-3-2-4-8-15/h2-10,17H,11-14,20H2,1H3. The highest BCUT2D eigenvalue weighted by molar-refractivity contribution is 5.17. The summed E-state index contributed by atoms with van der Waals surface area (Å²) in [6.45, 7) is 1.35. The minimum atomic E-state index is -0.151. The van der Waals surface area contributed by atoms with Gasteiger partial charge < -0.3 is 10.6 Å². The number of nitrogens with zero attached hydrogens (tertiary/aromatic N) is 1. The molecule has 2 N–H and O–H groups in total. The van der Waals surface area contributed by atoms with Crippen LogP contribution >= 0.6 is 0 Å². The second-order valence-corrected chi connectivity index (χ2v) is 5.57. The Morgan fingerprint density at radius 1 is 1.05 bits per heavy atom. The Balaban J connectivity index is 1.77. The Kier molecular flexibility index (Phi) is 5.90. The summed E-state index contributed by atoms with van der Waals surface area (Å²) in [4.78, 5) is 2.08. The molecule has 0 amide bonds. The molecule has 0 aliphatic heterocycles. The molecule has 2 aromatic carbocycles. The van der Waals surface area contributed by atoms with Gasteiger partial charge >= 0.3 is 0 Å². The molecule has 0 saturated carbocycles. The van der Waals surface area contributed by atoms with Gasteiger partial charge in [0.25, 0.3) is 0 Å². The third-order valence-corrected chi connectivity index (χ3v) is 3.59. The zero-order valence-corrected chi connectivity index (χ0v) is 12.5. The van der Waals surface area contributed by atoms with Gasteiger partial charge in [-0.05, 0) is 31.5 Å². The molecule has 1 unspecified atom stereocenters. The third kappa shape index (κ3) is 5.29. The van der Waals surface area contributed by atoms with Gasteiger partial charge in [0.15, 0.2) is 0 Å². The Labute approximate surface area is 126 Å². The van der Waals surface area contributed by atoms with Crippen LogP contribution in [0.4, 0.5) is 4.39 Å². The Morgan fingerprint density at radius 2 is 1.71 bits per heavy atom. The predicted molar refractivity (Wildman–Crippen MR) is 85.5 cm³/mol. The minimum Gasteiger partial charge on any atom is -0.327 e. The van der Waals surface area contributed by atoms with E-state index in [1.807, 2.05) is 37.4 Å². The number of halogens is 1. The van der Waals surface area contributed by atoms with Crippen LogP contribution in [0.25, 0.3) is 0 Å². The molecule has 3 heteroatoms. The Hall–Kier alpha value is -1.71. The average molecular weight is 286 g/mol. The normalized spacial score (nSPS) is 12.6. The quantitative estimate of drug-likeness (QED) is 0.847. The molecule has 0 aliphatic rings. The first-order valence-corrected chi connectivity index (χ1v) is 7.36. The van der Waals surface area contributed by atoms with Crippen molar-refractivity contribution in [3.8, 4) is 0 Å². The molecule has 2 rings (SSSR count). The van der Waals surface area contributed by atoms with Crippen molar-refractivity contribution < 1.29 is 4.39 Å². The maximum absolute atomic E-state index is 13.6. The van der Waals surface area contributed by atoms with Gasteiger partial charge in [0, 0.05) is 24.7 Å². The molecular weight excluding hydrogens is 263 g/mol. The number of hydrogen-bond donors (Lipinski definition) is 1. The van der Waals surface area contributed by atoms with Gasteiger partial charge in [-0.25, -0.2) is 4.39 Å². The fourth-order valence-corrected chi connectivity index (χ4v) is 2.47. The SMILES string of the molecule is CN(Cc1ccccc1F)CC(N)CCc1ccccc1. The molecule has 0 aliphatic carbocycles. The van der Waals surface area contributed by atoms with Gasteiger partial charge in [0.2, 0.25) is 0 Å². The number of aryl methyl sites for hydroxylation is 1. The van der Waals surface area contributed by atoms with Gasteiger partial charge in [-0.3, -0.25) is 0 Å². The van der Waals surface area contributed by atoms with E-state index >= 15 is 0 Å². The maximum Gasteiger partial charge on any atom is 0.127 e. The first-order chi connectivity index (χ1) is 10.1. The van der Waals surface area contributed by atoms with E-state index in [1.54, 1.807) is 6.07 Å². The summed E-state index contributed by atoms with van der Waals surface area (Å²) in [6, 6.07) is 17.3. The summed E-state index contributed by atoms with van der Waals surface area (Å²) in [6.07, 6.45) is 1.92. The summed E-state index contributed by atoms with van der Waals surface area (Å²) >= 11 is 0. The average Bonchev–Trinajstić information content (AvgIpc) is 2.48. The molecule has 0 spiro atoms. The minimum absolute atomic E-state index is 0.0991. The van der Waals surface area contributed by atoms with Crippen LogP contribution in [0.1, 0.15) is 17.5 Å². The molecule has 0 bridgehead atoms. The predicted octanol–water partition coefficient (Wildman–Crippen LogP) is 3.22. The summed E-state index contributed by atoms with van der Waals surface area (Å²) < 4.78 is 13.6. The van der Waals surface area contributed by atoms with Crippen molar-refractivity contribution in [3.63, 3.8) is 0 Å². The molecule has 1 atom stereocenters. The van der Waals surface area contributed by atoms with E-state index in [0.29, 0.717) is 6.54 Å². The third-order valence-electron chi connectivity index (χ3n) is 3.59. The molecule has 0 radical (unpaired) electrons. The van der Waals surface area contributed by atoms with Crippen LogP contribution in [0.3, 0.4) is 0 Å². The van der Waals surface area contributed by atoms with E-state index < -0.39 is 0 Å². The van der Waals surface area contributed by atoms with Gasteiger partial charge in [0.05, 0.1) is 0 Å². The lowest BCUT2D eigenvalue weighted by atomic mass is 10.1. The van der Waals surface area contributed by atoms with Crippen LogP contribution < -0.4 is 5.73 Å². The van der Waals surface area contributed by atoms with E-state index in [2.05, 4.69) is 17.0 Å². The highest BCUT2D eigenvalue weighted by Gasteiger charge is 2.09. The van der Waals surface area contributed by atoms with Crippen molar-refractivity contribution in [2.45, 2.75) is 25.4 Å². The zero-order valence-electron chi connectivity index (χ0n) is 12.5. The first kappa shape index (κ1) is 15.7. The van der Waals surface area contributed by atoms with Crippen LogP contribution in [0.2, 0.25) is 0 Å². The number of likely N-dealkylation sites (N-methyl/N-ethyl adjacent to an activating group) is 1. The van der Waals surface area contributed by atoms with Crippen LogP contribution in [0, 0.1) is 5.82 Å². The molecule has 2 aromatic rings. The monoisotopic (exact) mass is 286 g/mol. The highest BCUT2D eigenvalue weighted by atomic mass is 19.1.